The highest BCUT2D eigenvalue weighted by molar-refractivity contribution is 6.30. The second-order valence-corrected chi connectivity index (χ2v) is 3.16. The fourth-order valence-electron chi connectivity index (χ4n) is 1.05. The summed E-state index contributed by atoms with van der Waals surface area (Å²) in [5.74, 6) is 1.19. The van der Waals surface area contributed by atoms with Crippen molar-refractivity contribution >= 4 is 17.5 Å². The van der Waals surface area contributed by atoms with Gasteiger partial charge in [-0.3, -0.25) is 0 Å². The van der Waals surface area contributed by atoms with Crippen molar-refractivity contribution in [1.29, 1.82) is 0 Å². The zero-order valence-corrected chi connectivity index (χ0v) is 8.48. The number of para-hydroxylation sites is 1. The fraction of sp³-hybridized carbons (Fsp3) is 0. The second-order valence-electron chi connectivity index (χ2n) is 2.80. The van der Waals surface area contributed by atoms with E-state index in [0.29, 0.717) is 11.5 Å². The Bertz CT molecular complexity index is 461. The van der Waals surface area contributed by atoms with Crippen LogP contribution in [0, 0.1) is 0 Å². The van der Waals surface area contributed by atoms with Crippen molar-refractivity contribution in [3.05, 3.63) is 41.7 Å². The van der Waals surface area contributed by atoms with Crippen molar-refractivity contribution in [2.24, 2.45) is 0 Å². The summed E-state index contributed by atoms with van der Waals surface area (Å²) in [5, 5.41) is 0.200. The molecule has 0 radical (unpaired) electrons. The predicted octanol–water partition coefficient (Wildman–Crippen LogP) is 2.50. The number of nitrogen functional groups attached to an aromatic ring is 1. The maximum absolute atomic E-state index is 5.82. The summed E-state index contributed by atoms with van der Waals surface area (Å²) >= 11 is 5.82. The highest BCUT2D eigenvalue weighted by Crippen LogP contribution is 2.26. The van der Waals surface area contributed by atoms with Crippen molar-refractivity contribution in [1.82, 2.24) is 9.97 Å². The molecule has 0 amide bonds. The van der Waals surface area contributed by atoms with Crippen LogP contribution in [0.2, 0.25) is 5.15 Å². The average Bonchev–Trinajstić information content (AvgIpc) is 2.24. The Morgan fingerprint density at radius 3 is 2.60 bits per heavy atom. The van der Waals surface area contributed by atoms with E-state index in [0.717, 1.165) is 0 Å². The number of rotatable bonds is 2. The molecule has 0 aliphatic heterocycles. The largest absolute Gasteiger partial charge is 0.452 e. The van der Waals surface area contributed by atoms with Crippen LogP contribution in [-0.2, 0) is 0 Å². The van der Waals surface area contributed by atoms with Gasteiger partial charge in [0, 0.05) is 0 Å². The zero-order chi connectivity index (χ0) is 10.7. The van der Waals surface area contributed by atoms with Crippen molar-refractivity contribution in [3.8, 4) is 11.5 Å². The molecule has 1 heterocycles. The summed E-state index contributed by atoms with van der Waals surface area (Å²) in [6.07, 6.45) is 1.44. The molecule has 0 unspecified atom stereocenters. The summed E-state index contributed by atoms with van der Waals surface area (Å²) in [7, 11) is 0. The number of nitrogens with two attached hydrogens (primary N) is 1. The van der Waals surface area contributed by atoms with Gasteiger partial charge in [0.2, 0.25) is 5.95 Å². The molecule has 2 rings (SSSR count). The van der Waals surface area contributed by atoms with Gasteiger partial charge >= 0.3 is 0 Å². The summed E-state index contributed by atoms with van der Waals surface area (Å²) < 4.78 is 5.45. The topological polar surface area (TPSA) is 61.0 Å². The van der Waals surface area contributed by atoms with E-state index in [1.54, 1.807) is 0 Å². The van der Waals surface area contributed by atoms with Crippen LogP contribution in [-0.4, -0.2) is 9.97 Å². The maximum atomic E-state index is 5.82. The number of benzene rings is 1. The summed E-state index contributed by atoms with van der Waals surface area (Å²) in [4.78, 5) is 7.57. The molecule has 1 aromatic heterocycles. The molecular formula is C10H8ClN3O. The van der Waals surface area contributed by atoms with Crippen LogP contribution in [0.25, 0.3) is 0 Å². The Balaban J connectivity index is 2.25. The summed E-state index contributed by atoms with van der Waals surface area (Å²) in [6.45, 7) is 0. The first-order valence-electron chi connectivity index (χ1n) is 4.26. The molecule has 4 nitrogen and oxygen atoms in total. The van der Waals surface area contributed by atoms with E-state index < -0.39 is 0 Å². The summed E-state index contributed by atoms with van der Waals surface area (Å²) in [5.41, 5.74) is 5.36. The highest BCUT2D eigenvalue weighted by Gasteiger charge is 2.05. The number of ether oxygens (including phenoxy) is 1. The van der Waals surface area contributed by atoms with Crippen molar-refractivity contribution in [2.45, 2.75) is 0 Å². The second kappa shape index (κ2) is 4.14. The molecule has 0 bridgehead atoms. The molecule has 2 N–H and O–H groups in total. The lowest BCUT2D eigenvalue weighted by Gasteiger charge is -2.05. The SMILES string of the molecule is Nc1ncc(Oc2ccccc2)c(Cl)n1. The van der Waals surface area contributed by atoms with E-state index in [9.17, 15) is 0 Å². The number of nitrogens with zero attached hydrogens (tertiary/aromatic N) is 2. The van der Waals surface area contributed by atoms with Gasteiger partial charge in [-0.25, -0.2) is 4.98 Å². The zero-order valence-electron chi connectivity index (χ0n) is 7.72. The first-order valence-corrected chi connectivity index (χ1v) is 4.64. The minimum absolute atomic E-state index is 0.125. The predicted molar refractivity (Wildman–Crippen MR) is 58.0 cm³/mol. The molecule has 0 aliphatic carbocycles. The summed E-state index contributed by atoms with van der Waals surface area (Å²) in [6, 6.07) is 9.25. The van der Waals surface area contributed by atoms with Crippen LogP contribution in [0.4, 0.5) is 5.95 Å². The van der Waals surface area contributed by atoms with Gasteiger partial charge in [-0.2, -0.15) is 4.98 Å². The van der Waals surface area contributed by atoms with Crippen LogP contribution < -0.4 is 10.5 Å². The van der Waals surface area contributed by atoms with Gasteiger partial charge in [-0.15, -0.1) is 0 Å². The third-order valence-electron chi connectivity index (χ3n) is 1.70. The van der Waals surface area contributed by atoms with Crippen molar-refractivity contribution in [2.75, 3.05) is 5.73 Å². The van der Waals surface area contributed by atoms with E-state index in [-0.39, 0.29) is 11.1 Å². The molecule has 0 saturated carbocycles. The van der Waals surface area contributed by atoms with E-state index in [1.165, 1.54) is 6.20 Å². The minimum atomic E-state index is 0.125. The standard InChI is InChI=1S/C10H8ClN3O/c11-9-8(6-13-10(12)14-9)15-7-4-2-1-3-5-7/h1-6H,(H2,12,13,14). The Morgan fingerprint density at radius 1 is 1.20 bits per heavy atom. The fourth-order valence-corrected chi connectivity index (χ4v) is 1.22. The monoisotopic (exact) mass is 221 g/mol. The van der Waals surface area contributed by atoms with Gasteiger partial charge in [0.25, 0.3) is 0 Å². The molecule has 0 spiro atoms. The van der Waals surface area contributed by atoms with Crippen molar-refractivity contribution in [3.63, 3.8) is 0 Å². The molecule has 1 aromatic carbocycles. The molecule has 15 heavy (non-hydrogen) atoms. The molecular weight excluding hydrogens is 214 g/mol. The molecule has 5 heteroatoms. The minimum Gasteiger partial charge on any atom is -0.452 e. The third-order valence-corrected chi connectivity index (χ3v) is 1.97. The first kappa shape index (κ1) is 9.73. The Hall–Kier alpha value is -1.81. The molecule has 0 saturated heterocycles. The Morgan fingerprint density at radius 2 is 1.93 bits per heavy atom. The van der Waals surface area contributed by atoms with E-state index in [2.05, 4.69) is 9.97 Å². The lowest BCUT2D eigenvalue weighted by molar-refractivity contribution is 0.478. The molecule has 0 fully saturated rings. The first-order chi connectivity index (χ1) is 7.25. The van der Waals surface area contributed by atoms with Gasteiger partial charge in [-0.1, -0.05) is 29.8 Å². The van der Waals surface area contributed by atoms with Crippen molar-refractivity contribution < 1.29 is 4.74 Å². The van der Waals surface area contributed by atoms with Crippen LogP contribution in [0.3, 0.4) is 0 Å². The average molecular weight is 222 g/mol. The van der Waals surface area contributed by atoms with Gasteiger partial charge in [0.1, 0.15) is 5.75 Å². The van der Waals surface area contributed by atoms with Gasteiger partial charge in [0.15, 0.2) is 10.9 Å². The highest BCUT2D eigenvalue weighted by atomic mass is 35.5. The van der Waals surface area contributed by atoms with Gasteiger partial charge in [0.05, 0.1) is 6.20 Å². The van der Waals surface area contributed by atoms with E-state index in [1.807, 2.05) is 30.3 Å². The van der Waals surface area contributed by atoms with E-state index >= 15 is 0 Å². The lowest BCUT2D eigenvalue weighted by atomic mass is 10.3. The Kier molecular flexibility index (Phi) is 2.69. The third kappa shape index (κ3) is 2.35. The number of anilines is 1. The van der Waals surface area contributed by atoms with Gasteiger partial charge < -0.3 is 10.5 Å². The smallest absolute Gasteiger partial charge is 0.221 e. The normalized spacial score (nSPS) is 9.93. The number of hydrogen-bond donors (Lipinski definition) is 1. The Labute approximate surface area is 91.7 Å². The van der Waals surface area contributed by atoms with Crippen LogP contribution in [0.1, 0.15) is 0 Å². The van der Waals surface area contributed by atoms with Crippen LogP contribution in [0.5, 0.6) is 11.5 Å². The molecule has 0 atom stereocenters. The lowest BCUT2D eigenvalue weighted by Crippen LogP contribution is -1.96. The van der Waals surface area contributed by atoms with E-state index in [4.69, 9.17) is 22.1 Å². The molecule has 2 aromatic rings. The maximum Gasteiger partial charge on any atom is 0.221 e. The molecule has 76 valence electrons. The quantitative estimate of drug-likeness (QED) is 0.792. The van der Waals surface area contributed by atoms with Crippen LogP contribution >= 0.6 is 11.6 Å². The van der Waals surface area contributed by atoms with Crippen LogP contribution in [0.15, 0.2) is 36.5 Å². The van der Waals surface area contributed by atoms with Gasteiger partial charge in [-0.05, 0) is 12.1 Å². The molecule has 0 aliphatic rings. The number of hydrogen-bond acceptors (Lipinski definition) is 4. The number of aromatic nitrogens is 2. The number of halogens is 1.